The molecule has 1 aromatic carbocycles. The van der Waals surface area contributed by atoms with Crippen LogP contribution in [0.4, 0.5) is 4.39 Å². The zero-order valence-electron chi connectivity index (χ0n) is 8.79. The molecule has 3 nitrogen and oxygen atoms in total. The Morgan fingerprint density at radius 3 is 2.87 bits per heavy atom. The lowest BCUT2D eigenvalue weighted by molar-refractivity contribution is 0.286. The standard InChI is InChI=1S/C11H16FNO2/c1-15-11-4-3-9(7-10(11)12)8-13-5-2-6-14/h3-4,7,13-14H,2,5-6,8H2,1H3. The number of aliphatic hydroxyl groups excluding tert-OH is 1. The van der Waals surface area contributed by atoms with Crippen LogP contribution in [0, 0.1) is 5.82 Å². The fourth-order valence-corrected chi connectivity index (χ4v) is 1.26. The lowest BCUT2D eigenvalue weighted by atomic mass is 10.2. The third kappa shape index (κ3) is 3.85. The summed E-state index contributed by atoms with van der Waals surface area (Å²) in [6, 6.07) is 4.87. The minimum atomic E-state index is -0.348. The van der Waals surface area contributed by atoms with Gasteiger partial charge in [0.1, 0.15) is 0 Å². The maximum atomic E-state index is 13.2. The Morgan fingerprint density at radius 1 is 1.47 bits per heavy atom. The lowest BCUT2D eigenvalue weighted by Crippen LogP contribution is -2.15. The third-order valence-corrected chi connectivity index (χ3v) is 2.06. The summed E-state index contributed by atoms with van der Waals surface area (Å²) in [5, 5.41) is 11.7. The Hall–Kier alpha value is -1.13. The highest BCUT2D eigenvalue weighted by molar-refractivity contribution is 5.29. The number of benzene rings is 1. The molecule has 0 fully saturated rings. The van der Waals surface area contributed by atoms with Crippen molar-refractivity contribution in [2.45, 2.75) is 13.0 Å². The highest BCUT2D eigenvalue weighted by Gasteiger charge is 2.02. The molecule has 0 aromatic heterocycles. The van der Waals surface area contributed by atoms with E-state index in [2.05, 4.69) is 5.32 Å². The molecule has 2 N–H and O–H groups in total. The van der Waals surface area contributed by atoms with Gasteiger partial charge in [-0.05, 0) is 30.7 Å². The van der Waals surface area contributed by atoms with Crippen molar-refractivity contribution in [3.63, 3.8) is 0 Å². The van der Waals surface area contributed by atoms with Crippen molar-refractivity contribution in [2.75, 3.05) is 20.3 Å². The Bertz CT molecular complexity index is 305. The molecule has 1 rings (SSSR count). The van der Waals surface area contributed by atoms with Crippen LogP contribution in [0.3, 0.4) is 0 Å². The van der Waals surface area contributed by atoms with Crippen molar-refractivity contribution in [1.82, 2.24) is 5.32 Å². The minimum absolute atomic E-state index is 0.171. The Kier molecular flexibility index (Phi) is 5.07. The van der Waals surface area contributed by atoms with E-state index in [1.165, 1.54) is 13.2 Å². The molecule has 0 saturated carbocycles. The van der Waals surface area contributed by atoms with Gasteiger partial charge in [-0.25, -0.2) is 4.39 Å². The molecule has 84 valence electrons. The maximum Gasteiger partial charge on any atom is 0.165 e. The predicted molar refractivity (Wildman–Crippen MR) is 56.4 cm³/mol. The van der Waals surface area contributed by atoms with E-state index in [1.807, 2.05) is 6.07 Å². The highest BCUT2D eigenvalue weighted by atomic mass is 19.1. The number of rotatable bonds is 6. The summed E-state index contributed by atoms with van der Waals surface area (Å²) in [6.45, 7) is 1.50. The van der Waals surface area contributed by atoms with Gasteiger partial charge in [-0.2, -0.15) is 0 Å². The van der Waals surface area contributed by atoms with Gasteiger partial charge in [0.25, 0.3) is 0 Å². The molecular formula is C11H16FNO2. The van der Waals surface area contributed by atoms with Gasteiger partial charge in [-0.3, -0.25) is 0 Å². The Labute approximate surface area is 88.9 Å². The smallest absolute Gasteiger partial charge is 0.165 e. The summed E-state index contributed by atoms with van der Waals surface area (Å²) in [5.41, 5.74) is 0.867. The molecule has 0 aliphatic rings. The molecule has 4 heteroatoms. The quantitative estimate of drug-likeness (QED) is 0.700. The minimum Gasteiger partial charge on any atom is -0.494 e. The highest BCUT2D eigenvalue weighted by Crippen LogP contribution is 2.17. The fraction of sp³-hybridized carbons (Fsp3) is 0.455. The predicted octanol–water partition coefficient (Wildman–Crippen LogP) is 1.31. The molecule has 0 aliphatic heterocycles. The van der Waals surface area contributed by atoms with Crippen LogP contribution >= 0.6 is 0 Å². The molecular weight excluding hydrogens is 197 g/mol. The monoisotopic (exact) mass is 213 g/mol. The first-order valence-electron chi connectivity index (χ1n) is 4.92. The molecule has 0 spiro atoms. The van der Waals surface area contributed by atoms with E-state index in [0.717, 1.165) is 12.1 Å². The van der Waals surface area contributed by atoms with E-state index in [0.29, 0.717) is 13.0 Å². The van der Waals surface area contributed by atoms with E-state index < -0.39 is 0 Å². The lowest BCUT2D eigenvalue weighted by Gasteiger charge is -2.06. The van der Waals surface area contributed by atoms with Crippen molar-refractivity contribution in [2.24, 2.45) is 0 Å². The van der Waals surface area contributed by atoms with Crippen LogP contribution < -0.4 is 10.1 Å². The second-order valence-electron chi connectivity index (χ2n) is 3.22. The zero-order chi connectivity index (χ0) is 11.1. The summed E-state index contributed by atoms with van der Waals surface area (Å²) in [5.74, 6) is -0.0898. The van der Waals surface area contributed by atoms with E-state index in [-0.39, 0.29) is 18.2 Å². The van der Waals surface area contributed by atoms with Crippen LogP contribution in [0.2, 0.25) is 0 Å². The first-order chi connectivity index (χ1) is 7.27. The number of aliphatic hydroxyl groups is 1. The van der Waals surface area contributed by atoms with Gasteiger partial charge in [0, 0.05) is 13.2 Å². The molecule has 0 aliphatic carbocycles. The van der Waals surface area contributed by atoms with Gasteiger partial charge in [0.05, 0.1) is 7.11 Å². The van der Waals surface area contributed by atoms with E-state index in [9.17, 15) is 4.39 Å². The fourth-order valence-electron chi connectivity index (χ4n) is 1.26. The molecule has 15 heavy (non-hydrogen) atoms. The van der Waals surface area contributed by atoms with Gasteiger partial charge >= 0.3 is 0 Å². The number of nitrogens with one attached hydrogen (secondary N) is 1. The second kappa shape index (κ2) is 6.37. The summed E-state index contributed by atoms with van der Waals surface area (Å²) in [6.07, 6.45) is 0.707. The largest absolute Gasteiger partial charge is 0.494 e. The van der Waals surface area contributed by atoms with Crippen LogP contribution in [-0.4, -0.2) is 25.4 Å². The van der Waals surface area contributed by atoms with Crippen LogP contribution in [0.5, 0.6) is 5.75 Å². The topological polar surface area (TPSA) is 41.5 Å². The average molecular weight is 213 g/mol. The van der Waals surface area contributed by atoms with Crippen molar-refractivity contribution >= 4 is 0 Å². The number of methoxy groups -OCH3 is 1. The molecule has 0 saturated heterocycles. The van der Waals surface area contributed by atoms with Crippen molar-refractivity contribution < 1.29 is 14.2 Å². The molecule has 1 aromatic rings. The van der Waals surface area contributed by atoms with E-state index >= 15 is 0 Å². The van der Waals surface area contributed by atoms with E-state index in [1.54, 1.807) is 6.07 Å². The van der Waals surface area contributed by atoms with Crippen LogP contribution in [0.1, 0.15) is 12.0 Å². The zero-order valence-corrected chi connectivity index (χ0v) is 8.79. The second-order valence-corrected chi connectivity index (χ2v) is 3.22. The molecule has 0 unspecified atom stereocenters. The molecule has 0 atom stereocenters. The normalized spacial score (nSPS) is 10.3. The van der Waals surface area contributed by atoms with Gasteiger partial charge in [0.15, 0.2) is 11.6 Å². The number of halogens is 1. The molecule has 0 bridgehead atoms. The summed E-state index contributed by atoms with van der Waals surface area (Å²) in [4.78, 5) is 0. The van der Waals surface area contributed by atoms with Gasteiger partial charge in [-0.1, -0.05) is 6.07 Å². The van der Waals surface area contributed by atoms with E-state index in [4.69, 9.17) is 9.84 Å². The van der Waals surface area contributed by atoms with Crippen molar-refractivity contribution in [3.8, 4) is 5.75 Å². The summed E-state index contributed by atoms with van der Waals surface area (Å²) < 4.78 is 18.0. The molecule has 0 radical (unpaired) electrons. The summed E-state index contributed by atoms with van der Waals surface area (Å²) in [7, 11) is 1.44. The molecule has 0 amide bonds. The van der Waals surface area contributed by atoms with Crippen molar-refractivity contribution in [1.29, 1.82) is 0 Å². The van der Waals surface area contributed by atoms with Gasteiger partial charge < -0.3 is 15.2 Å². The van der Waals surface area contributed by atoms with Gasteiger partial charge in [0.2, 0.25) is 0 Å². The van der Waals surface area contributed by atoms with Crippen LogP contribution in [0.15, 0.2) is 18.2 Å². The van der Waals surface area contributed by atoms with Crippen LogP contribution in [0.25, 0.3) is 0 Å². The first kappa shape index (κ1) is 11.9. The SMILES string of the molecule is COc1ccc(CNCCCO)cc1F. The molecule has 0 heterocycles. The number of hydrogen-bond acceptors (Lipinski definition) is 3. The Balaban J connectivity index is 2.45. The number of ether oxygens (including phenoxy) is 1. The first-order valence-corrected chi connectivity index (χ1v) is 4.92. The van der Waals surface area contributed by atoms with Gasteiger partial charge in [-0.15, -0.1) is 0 Å². The van der Waals surface area contributed by atoms with Crippen LogP contribution in [-0.2, 0) is 6.54 Å². The Morgan fingerprint density at radius 2 is 2.27 bits per heavy atom. The van der Waals surface area contributed by atoms with Crippen molar-refractivity contribution in [3.05, 3.63) is 29.6 Å². The third-order valence-electron chi connectivity index (χ3n) is 2.06. The average Bonchev–Trinajstić information content (AvgIpc) is 2.25. The maximum absolute atomic E-state index is 13.2. The summed E-state index contributed by atoms with van der Waals surface area (Å²) >= 11 is 0. The number of hydrogen-bond donors (Lipinski definition) is 2.